The Hall–Kier alpha value is -1.63. The summed E-state index contributed by atoms with van der Waals surface area (Å²) >= 11 is 1.57. The van der Waals surface area contributed by atoms with Crippen LogP contribution in [0.2, 0.25) is 0 Å². The monoisotopic (exact) mass is 361 g/mol. The number of carbonyl (C=O) groups excluding carboxylic acids is 1. The molecule has 1 fully saturated rings. The number of thiophene rings is 1. The fraction of sp³-hybridized carbons (Fsp3) is 0.526. The molecule has 1 aliphatic heterocycles. The molecule has 0 aromatic carbocycles. The van der Waals surface area contributed by atoms with Gasteiger partial charge in [-0.05, 0) is 50.2 Å². The van der Waals surface area contributed by atoms with Crippen LogP contribution in [0.4, 0.5) is 0 Å². The Morgan fingerprint density at radius 2 is 2.08 bits per heavy atom. The number of likely N-dealkylation sites (N-methyl/N-ethyl adjacent to an activating group) is 1. The number of carbonyl (C=O) groups is 1. The second-order valence-electron chi connectivity index (χ2n) is 6.58. The molecule has 3 rings (SSSR count). The zero-order valence-electron chi connectivity index (χ0n) is 14.9. The van der Waals surface area contributed by atoms with Gasteiger partial charge in [0.05, 0.1) is 17.7 Å². The molecule has 2 aromatic heterocycles. The average Bonchev–Trinajstić information content (AvgIpc) is 3.32. The second-order valence-corrected chi connectivity index (χ2v) is 7.75. The van der Waals surface area contributed by atoms with Gasteiger partial charge in [-0.3, -0.25) is 4.79 Å². The van der Waals surface area contributed by atoms with Crippen LogP contribution in [-0.2, 0) is 13.1 Å². The van der Waals surface area contributed by atoms with E-state index in [1.165, 1.54) is 37.2 Å². The first-order valence-electron chi connectivity index (χ1n) is 9.02. The molecule has 1 saturated heterocycles. The number of likely N-dealkylation sites (tertiary alicyclic amines) is 1. The lowest BCUT2D eigenvalue weighted by atomic mass is 10.1. The van der Waals surface area contributed by atoms with Gasteiger partial charge in [0.15, 0.2) is 0 Å². The third kappa shape index (κ3) is 5.42. The van der Waals surface area contributed by atoms with Gasteiger partial charge in [-0.15, -0.1) is 11.3 Å². The average molecular weight is 362 g/mol. The third-order valence-electron chi connectivity index (χ3n) is 4.60. The molecular weight excluding hydrogens is 334 g/mol. The molecule has 1 aliphatic rings. The van der Waals surface area contributed by atoms with Crippen LogP contribution in [0.3, 0.4) is 0 Å². The van der Waals surface area contributed by atoms with Crippen molar-refractivity contribution in [3.8, 4) is 0 Å². The maximum Gasteiger partial charge on any atom is 0.263 e. The van der Waals surface area contributed by atoms with Gasteiger partial charge in [0, 0.05) is 31.6 Å². The molecule has 0 unspecified atom stereocenters. The zero-order chi connectivity index (χ0) is 17.5. The van der Waals surface area contributed by atoms with Gasteiger partial charge >= 0.3 is 0 Å². The second kappa shape index (κ2) is 9.17. The zero-order valence-corrected chi connectivity index (χ0v) is 15.7. The van der Waals surface area contributed by atoms with Gasteiger partial charge in [0.25, 0.3) is 5.91 Å². The van der Waals surface area contributed by atoms with Crippen molar-refractivity contribution in [2.24, 2.45) is 0 Å². The topological polar surface area (TPSA) is 48.7 Å². The minimum absolute atomic E-state index is 0.124. The highest BCUT2D eigenvalue weighted by Gasteiger charge is 2.16. The molecule has 0 radical (unpaired) electrons. The van der Waals surface area contributed by atoms with Gasteiger partial charge < -0.3 is 19.5 Å². The van der Waals surface area contributed by atoms with Crippen molar-refractivity contribution in [3.05, 3.63) is 46.0 Å². The van der Waals surface area contributed by atoms with Crippen LogP contribution < -0.4 is 5.32 Å². The molecular formula is C19H27N3O2S. The van der Waals surface area contributed by atoms with E-state index in [0.717, 1.165) is 30.3 Å². The van der Waals surface area contributed by atoms with Crippen LogP contribution in [-0.4, -0.2) is 48.9 Å². The maximum absolute atomic E-state index is 12.6. The summed E-state index contributed by atoms with van der Waals surface area (Å²) in [4.78, 5) is 18.9. The minimum atomic E-state index is 0.124. The van der Waals surface area contributed by atoms with E-state index >= 15 is 0 Å². The Morgan fingerprint density at radius 1 is 1.24 bits per heavy atom. The fourth-order valence-corrected chi connectivity index (χ4v) is 4.05. The van der Waals surface area contributed by atoms with Crippen molar-refractivity contribution in [1.82, 2.24) is 15.1 Å². The summed E-state index contributed by atoms with van der Waals surface area (Å²) < 4.78 is 5.30. The molecule has 1 N–H and O–H groups in total. The molecule has 0 aliphatic carbocycles. The first kappa shape index (κ1) is 18.2. The number of nitrogens with zero attached hydrogens (tertiary/aromatic N) is 2. The van der Waals surface area contributed by atoms with E-state index in [0.29, 0.717) is 6.54 Å². The van der Waals surface area contributed by atoms with Crippen molar-refractivity contribution in [1.29, 1.82) is 0 Å². The predicted octanol–water partition coefficient (Wildman–Crippen LogP) is 3.19. The SMILES string of the molecule is CN(CCN1CCCCC1)C(=O)c1ccc(CNCc2ccco2)s1. The van der Waals surface area contributed by atoms with E-state index in [1.54, 1.807) is 17.6 Å². The van der Waals surface area contributed by atoms with Crippen molar-refractivity contribution >= 4 is 17.2 Å². The quantitative estimate of drug-likeness (QED) is 0.784. The lowest BCUT2D eigenvalue weighted by Crippen LogP contribution is -2.38. The van der Waals surface area contributed by atoms with Crippen LogP contribution in [0.25, 0.3) is 0 Å². The summed E-state index contributed by atoms with van der Waals surface area (Å²) in [5.74, 6) is 1.05. The Kier molecular flexibility index (Phi) is 6.67. The summed E-state index contributed by atoms with van der Waals surface area (Å²) in [5, 5.41) is 3.34. The smallest absolute Gasteiger partial charge is 0.263 e. The lowest BCUT2D eigenvalue weighted by Gasteiger charge is -2.28. The Bertz CT molecular complexity index is 647. The summed E-state index contributed by atoms with van der Waals surface area (Å²) in [7, 11) is 1.90. The molecule has 25 heavy (non-hydrogen) atoms. The predicted molar refractivity (Wildman–Crippen MR) is 101 cm³/mol. The summed E-state index contributed by atoms with van der Waals surface area (Å²) in [5.41, 5.74) is 0. The summed E-state index contributed by atoms with van der Waals surface area (Å²) in [6.45, 7) is 5.56. The largest absolute Gasteiger partial charge is 0.468 e. The van der Waals surface area contributed by atoms with E-state index in [2.05, 4.69) is 10.2 Å². The van der Waals surface area contributed by atoms with Crippen molar-refractivity contribution in [2.45, 2.75) is 32.4 Å². The molecule has 2 aromatic rings. The molecule has 5 nitrogen and oxygen atoms in total. The number of amides is 1. The molecule has 0 spiro atoms. The normalized spacial score (nSPS) is 15.4. The lowest BCUT2D eigenvalue weighted by molar-refractivity contribution is 0.0777. The Morgan fingerprint density at radius 3 is 2.84 bits per heavy atom. The van der Waals surface area contributed by atoms with Crippen LogP contribution in [0.15, 0.2) is 34.9 Å². The molecule has 1 amide bonds. The van der Waals surface area contributed by atoms with E-state index in [1.807, 2.05) is 36.2 Å². The molecule has 6 heteroatoms. The number of rotatable bonds is 8. The number of nitrogens with one attached hydrogen (secondary N) is 1. The molecule has 3 heterocycles. The van der Waals surface area contributed by atoms with Gasteiger partial charge in [0.2, 0.25) is 0 Å². The highest BCUT2D eigenvalue weighted by Crippen LogP contribution is 2.18. The molecule has 0 saturated carbocycles. The highest BCUT2D eigenvalue weighted by molar-refractivity contribution is 7.14. The standard InChI is InChI=1S/C19H27N3O2S/c1-21(11-12-22-9-3-2-4-10-22)19(23)18-8-7-17(25-18)15-20-14-16-6-5-13-24-16/h5-8,13,20H,2-4,9-12,14-15H2,1H3. The van der Waals surface area contributed by atoms with Gasteiger partial charge in [0.1, 0.15) is 5.76 Å². The third-order valence-corrected chi connectivity index (χ3v) is 5.67. The minimum Gasteiger partial charge on any atom is -0.468 e. The first-order chi connectivity index (χ1) is 12.2. The number of hydrogen-bond acceptors (Lipinski definition) is 5. The van der Waals surface area contributed by atoms with Crippen LogP contribution in [0.1, 0.15) is 39.6 Å². The van der Waals surface area contributed by atoms with Gasteiger partial charge in [-0.2, -0.15) is 0 Å². The number of hydrogen-bond donors (Lipinski definition) is 1. The van der Waals surface area contributed by atoms with Crippen molar-refractivity contribution in [3.63, 3.8) is 0 Å². The van der Waals surface area contributed by atoms with E-state index < -0.39 is 0 Å². The first-order valence-corrected chi connectivity index (χ1v) is 9.83. The van der Waals surface area contributed by atoms with Crippen LogP contribution in [0.5, 0.6) is 0 Å². The number of piperidine rings is 1. The Labute approximate surface area is 153 Å². The maximum atomic E-state index is 12.6. The van der Waals surface area contributed by atoms with Gasteiger partial charge in [-0.1, -0.05) is 6.42 Å². The molecule has 0 bridgehead atoms. The Balaban J connectivity index is 1.42. The van der Waals surface area contributed by atoms with E-state index in [4.69, 9.17) is 4.42 Å². The van der Waals surface area contributed by atoms with Gasteiger partial charge in [-0.25, -0.2) is 0 Å². The fourth-order valence-electron chi connectivity index (χ4n) is 3.07. The van der Waals surface area contributed by atoms with Crippen molar-refractivity contribution < 1.29 is 9.21 Å². The van der Waals surface area contributed by atoms with E-state index in [-0.39, 0.29) is 5.91 Å². The summed E-state index contributed by atoms with van der Waals surface area (Å²) in [6, 6.07) is 7.81. The van der Waals surface area contributed by atoms with Crippen LogP contribution in [0, 0.1) is 0 Å². The highest BCUT2D eigenvalue weighted by atomic mass is 32.1. The number of furan rings is 1. The molecule has 0 atom stereocenters. The van der Waals surface area contributed by atoms with Crippen molar-refractivity contribution in [2.75, 3.05) is 33.2 Å². The summed E-state index contributed by atoms with van der Waals surface area (Å²) in [6.07, 6.45) is 5.60. The van der Waals surface area contributed by atoms with Crippen LogP contribution >= 0.6 is 11.3 Å². The van der Waals surface area contributed by atoms with E-state index in [9.17, 15) is 4.79 Å². The molecule has 136 valence electrons.